The van der Waals surface area contributed by atoms with Gasteiger partial charge in [-0.1, -0.05) is 30.3 Å². The van der Waals surface area contributed by atoms with E-state index in [2.05, 4.69) is 5.32 Å². The van der Waals surface area contributed by atoms with E-state index in [1.54, 1.807) is 6.92 Å². The summed E-state index contributed by atoms with van der Waals surface area (Å²) in [5, 5.41) is 11.5. The van der Waals surface area contributed by atoms with Crippen LogP contribution >= 0.6 is 0 Å². The van der Waals surface area contributed by atoms with Crippen molar-refractivity contribution in [2.24, 2.45) is 0 Å². The van der Waals surface area contributed by atoms with Crippen LogP contribution in [0.1, 0.15) is 12.5 Å². The molecule has 0 spiro atoms. The zero-order valence-corrected chi connectivity index (χ0v) is 7.53. The third kappa shape index (κ3) is 3.25. The molecule has 0 saturated carbocycles. The van der Waals surface area contributed by atoms with E-state index in [0.717, 1.165) is 5.56 Å². The summed E-state index contributed by atoms with van der Waals surface area (Å²) in [6.45, 7) is 2.22. The minimum absolute atomic E-state index is 0.500. The van der Waals surface area contributed by atoms with Gasteiger partial charge in [0.1, 0.15) is 6.04 Å². The molecular weight excluding hydrogens is 166 g/mol. The summed E-state index contributed by atoms with van der Waals surface area (Å²) in [5.74, 6) is -0.823. The van der Waals surface area contributed by atoms with Gasteiger partial charge in [0, 0.05) is 6.54 Å². The van der Waals surface area contributed by atoms with E-state index in [9.17, 15) is 4.79 Å². The maximum Gasteiger partial charge on any atom is 0.320 e. The van der Waals surface area contributed by atoms with E-state index in [4.69, 9.17) is 5.11 Å². The fourth-order valence-electron chi connectivity index (χ4n) is 0.954. The monoisotopic (exact) mass is 179 g/mol. The summed E-state index contributed by atoms with van der Waals surface area (Å²) in [6, 6.07) is 9.22. The van der Waals surface area contributed by atoms with Crippen LogP contribution < -0.4 is 5.32 Å². The Balaban J connectivity index is 2.39. The Labute approximate surface area is 77.4 Å². The number of hydrogen-bond acceptors (Lipinski definition) is 2. The molecule has 0 bridgehead atoms. The van der Waals surface area contributed by atoms with Gasteiger partial charge in [-0.2, -0.15) is 0 Å². The van der Waals surface area contributed by atoms with Crippen molar-refractivity contribution in [1.29, 1.82) is 0 Å². The van der Waals surface area contributed by atoms with Gasteiger partial charge in [0.2, 0.25) is 0 Å². The molecule has 70 valence electrons. The minimum atomic E-state index is -0.823. The molecule has 1 rings (SSSR count). The molecule has 0 heterocycles. The van der Waals surface area contributed by atoms with Crippen molar-refractivity contribution >= 4 is 5.97 Å². The van der Waals surface area contributed by atoms with Crippen molar-refractivity contribution in [2.45, 2.75) is 19.5 Å². The molecular formula is C10H13NO2. The van der Waals surface area contributed by atoms with Crippen LogP contribution in [0.2, 0.25) is 0 Å². The lowest BCUT2D eigenvalue weighted by atomic mass is 10.2. The molecule has 0 fully saturated rings. The minimum Gasteiger partial charge on any atom is -0.480 e. The second-order valence-corrected chi connectivity index (χ2v) is 2.93. The van der Waals surface area contributed by atoms with E-state index >= 15 is 0 Å². The van der Waals surface area contributed by atoms with Crippen LogP contribution in [-0.4, -0.2) is 17.1 Å². The lowest BCUT2D eigenvalue weighted by Crippen LogP contribution is -2.33. The molecule has 0 unspecified atom stereocenters. The van der Waals surface area contributed by atoms with Gasteiger partial charge in [-0.05, 0) is 12.5 Å². The molecule has 0 aliphatic rings. The Kier molecular flexibility index (Phi) is 3.46. The molecule has 0 aliphatic heterocycles. The highest BCUT2D eigenvalue weighted by atomic mass is 16.4. The van der Waals surface area contributed by atoms with Gasteiger partial charge < -0.3 is 10.4 Å². The second-order valence-electron chi connectivity index (χ2n) is 2.93. The summed E-state index contributed by atoms with van der Waals surface area (Å²) >= 11 is 0. The van der Waals surface area contributed by atoms with Crippen LogP contribution in [0.3, 0.4) is 0 Å². The van der Waals surface area contributed by atoms with Gasteiger partial charge in [0.15, 0.2) is 0 Å². The van der Waals surface area contributed by atoms with Crippen molar-refractivity contribution in [1.82, 2.24) is 5.32 Å². The van der Waals surface area contributed by atoms with E-state index < -0.39 is 12.0 Å². The lowest BCUT2D eigenvalue weighted by molar-refractivity contribution is -0.139. The number of nitrogens with one attached hydrogen (secondary N) is 1. The third-order valence-electron chi connectivity index (χ3n) is 1.83. The highest BCUT2D eigenvalue weighted by Gasteiger charge is 2.08. The zero-order valence-electron chi connectivity index (χ0n) is 7.53. The Morgan fingerprint density at radius 2 is 2.08 bits per heavy atom. The molecule has 0 saturated heterocycles. The summed E-state index contributed by atoms with van der Waals surface area (Å²) in [4.78, 5) is 10.5. The predicted octanol–water partition coefficient (Wildman–Crippen LogP) is 1.25. The van der Waals surface area contributed by atoms with Crippen LogP contribution in [0, 0.1) is 0 Å². The van der Waals surface area contributed by atoms with Crippen LogP contribution in [-0.2, 0) is 11.3 Å². The fraction of sp³-hybridized carbons (Fsp3) is 0.300. The number of carboxylic acids is 1. The van der Waals surface area contributed by atoms with Crippen LogP contribution in [0.5, 0.6) is 0 Å². The molecule has 3 heteroatoms. The van der Waals surface area contributed by atoms with Gasteiger partial charge in [-0.3, -0.25) is 4.79 Å². The topological polar surface area (TPSA) is 49.3 Å². The molecule has 0 amide bonds. The summed E-state index contributed by atoms with van der Waals surface area (Å²) in [7, 11) is 0. The quantitative estimate of drug-likeness (QED) is 0.731. The first-order valence-electron chi connectivity index (χ1n) is 4.20. The number of carboxylic acid groups (broad SMARTS) is 1. The van der Waals surface area contributed by atoms with Gasteiger partial charge in [-0.25, -0.2) is 0 Å². The lowest BCUT2D eigenvalue weighted by Gasteiger charge is -2.08. The van der Waals surface area contributed by atoms with Crippen molar-refractivity contribution in [2.75, 3.05) is 0 Å². The zero-order chi connectivity index (χ0) is 9.68. The van der Waals surface area contributed by atoms with Crippen molar-refractivity contribution in [3.8, 4) is 0 Å². The average Bonchev–Trinajstić information content (AvgIpc) is 2.15. The number of rotatable bonds is 4. The molecule has 0 aromatic heterocycles. The van der Waals surface area contributed by atoms with E-state index in [1.807, 2.05) is 30.3 Å². The van der Waals surface area contributed by atoms with E-state index in [1.165, 1.54) is 0 Å². The van der Waals surface area contributed by atoms with Crippen molar-refractivity contribution in [3.05, 3.63) is 35.9 Å². The van der Waals surface area contributed by atoms with Crippen LogP contribution in [0.15, 0.2) is 30.3 Å². The predicted molar refractivity (Wildman–Crippen MR) is 50.4 cm³/mol. The second kappa shape index (κ2) is 4.62. The smallest absolute Gasteiger partial charge is 0.320 e. The first kappa shape index (κ1) is 9.74. The highest BCUT2D eigenvalue weighted by Crippen LogP contribution is 1.97. The number of hydrogen-bond donors (Lipinski definition) is 2. The highest BCUT2D eigenvalue weighted by molar-refractivity contribution is 5.72. The standard InChI is InChI=1S/C10H13NO2/c1-8(10(12)13)11-7-9-5-3-2-4-6-9/h2-6,8,11H,7H2,1H3,(H,12,13)/t8-/m1/s1. The first-order valence-corrected chi connectivity index (χ1v) is 4.20. The Morgan fingerprint density at radius 3 is 2.62 bits per heavy atom. The van der Waals surface area contributed by atoms with E-state index in [0.29, 0.717) is 6.54 Å². The van der Waals surface area contributed by atoms with Gasteiger partial charge in [-0.15, -0.1) is 0 Å². The summed E-state index contributed by atoms with van der Waals surface area (Å²) < 4.78 is 0. The normalized spacial score (nSPS) is 12.4. The molecule has 1 aromatic rings. The Bertz CT molecular complexity index is 272. The fourth-order valence-corrected chi connectivity index (χ4v) is 0.954. The largest absolute Gasteiger partial charge is 0.480 e. The summed E-state index contributed by atoms with van der Waals surface area (Å²) in [5.41, 5.74) is 1.09. The number of benzene rings is 1. The molecule has 0 radical (unpaired) electrons. The maximum absolute atomic E-state index is 10.5. The molecule has 0 aliphatic carbocycles. The maximum atomic E-state index is 10.5. The molecule has 3 nitrogen and oxygen atoms in total. The van der Waals surface area contributed by atoms with Crippen LogP contribution in [0.25, 0.3) is 0 Å². The molecule has 1 atom stereocenters. The Morgan fingerprint density at radius 1 is 1.46 bits per heavy atom. The van der Waals surface area contributed by atoms with Gasteiger partial charge in [0.05, 0.1) is 0 Å². The molecule has 13 heavy (non-hydrogen) atoms. The van der Waals surface area contributed by atoms with Crippen molar-refractivity contribution < 1.29 is 9.90 Å². The number of carbonyl (C=O) groups is 1. The Hall–Kier alpha value is -1.35. The molecule has 1 aromatic carbocycles. The third-order valence-corrected chi connectivity index (χ3v) is 1.83. The van der Waals surface area contributed by atoms with Gasteiger partial charge in [0.25, 0.3) is 0 Å². The summed E-state index contributed by atoms with van der Waals surface area (Å²) in [6.07, 6.45) is 0. The first-order chi connectivity index (χ1) is 6.20. The molecule has 2 N–H and O–H groups in total. The SMILES string of the molecule is C[C@@H](NCc1ccccc1)C(=O)O. The average molecular weight is 179 g/mol. The number of aliphatic carboxylic acids is 1. The van der Waals surface area contributed by atoms with Gasteiger partial charge >= 0.3 is 5.97 Å². The van der Waals surface area contributed by atoms with Crippen LogP contribution in [0.4, 0.5) is 0 Å². The van der Waals surface area contributed by atoms with Crippen molar-refractivity contribution in [3.63, 3.8) is 0 Å². The van der Waals surface area contributed by atoms with E-state index in [-0.39, 0.29) is 0 Å².